The van der Waals surface area contributed by atoms with Gasteiger partial charge in [0, 0.05) is 6.42 Å². The van der Waals surface area contributed by atoms with Crippen molar-refractivity contribution in [2.75, 3.05) is 6.16 Å². The lowest BCUT2D eigenvalue weighted by molar-refractivity contribution is -0.137. The van der Waals surface area contributed by atoms with Crippen LogP contribution in [0.5, 0.6) is 0 Å². The molecule has 0 aliphatic carbocycles. The van der Waals surface area contributed by atoms with Crippen molar-refractivity contribution >= 4 is 29.1 Å². The van der Waals surface area contributed by atoms with E-state index in [1.54, 1.807) is 36.4 Å². The average Bonchev–Trinajstić information content (AvgIpc) is 2.82. The molecule has 0 bridgehead atoms. The molecule has 0 saturated heterocycles. The molecule has 3 rings (SSSR count). The Morgan fingerprint density at radius 2 is 0.886 bits per heavy atom. The first kappa shape index (κ1) is 29.1. The van der Waals surface area contributed by atoms with Crippen molar-refractivity contribution in [3.05, 3.63) is 90.2 Å². The van der Waals surface area contributed by atoms with Gasteiger partial charge in [-0.1, -0.05) is 25.7 Å². The van der Waals surface area contributed by atoms with Gasteiger partial charge in [0.2, 0.25) is 0 Å². The van der Waals surface area contributed by atoms with Crippen LogP contribution >= 0.6 is 7.26 Å². The second-order valence-corrected chi connectivity index (χ2v) is 12.2. The highest BCUT2D eigenvalue weighted by Crippen LogP contribution is 2.56. The number of carbonyl (C=O) groups is 1. The zero-order chi connectivity index (χ0) is 24.4. The summed E-state index contributed by atoms with van der Waals surface area (Å²) < 4.78 is 41.4. The van der Waals surface area contributed by atoms with E-state index in [2.05, 4.69) is 0 Å². The van der Waals surface area contributed by atoms with Crippen LogP contribution in [0.15, 0.2) is 72.8 Å². The van der Waals surface area contributed by atoms with Gasteiger partial charge in [-0.15, -0.1) is 0 Å². The number of halogens is 4. The van der Waals surface area contributed by atoms with Crippen molar-refractivity contribution in [2.24, 2.45) is 0 Å². The second kappa shape index (κ2) is 14.4. The third-order valence-corrected chi connectivity index (χ3v) is 10.7. The maximum absolute atomic E-state index is 13.8. The molecule has 0 fully saturated rings. The fraction of sp³-hybridized carbons (Fsp3) is 0.321. The van der Waals surface area contributed by atoms with E-state index >= 15 is 0 Å². The van der Waals surface area contributed by atoms with Crippen LogP contribution in [0.4, 0.5) is 13.2 Å². The normalized spacial score (nSPS) is 11.2. The van der Waals surface area contributed by atoms with Crippen LogP contribution < -0.4 is 32.9 Å². The van der Waals surface area contributed by atoms with Gasteiger partial charge in [-0.05, 0) is 92.1 Å². The Labute approximate surface area is 216 Å². The van der Waals surface area contributed by atoms with Crippen LogP contribution in [-0.2, 0) is 4.79 Å². The monoisotopic (exact) mass is 566 g/mol. The maximum Gasteiger partial charge on any atom is 0.303 e. The van der Waals surface area contributed by atoms with E-state index < -0.39 is 13.2 Å². The predicted molar refractivity (Wildman–Crippen MR) is 134 cm³/mol. The standard InChI is InChI=1S/C28H30F3O2P.BrH/c29-22-9-15-25(16-10-22)34(26-17-11-23(30)12-18-26,27-19-13-24(31)14-20-27)21-7-5-3-1-2-4-6-8-28(32)33;/h9-20H,1-8,21H2;1H. The lowest BCUT2D eigenvalue weighted by Gasteiger charge is -2.28. The molecule has 0 aliphatic rings. The Hall–Kier alpha value is -2.17. The molecule has 0 saturated carbocycles. The van der Waals surface area contributed by atoms with Gasteiger partial charge in [0.15, 0.2) is 0 Å². The minimum atomic E-state index is -2.26. The van der Waals surface area contributed by atoms with E-state index in [-0.39, 0.29) is 40.9 Å². The number of rotatable bonds is 13. The van der Waals surface area contributed by atoms with Crippen molar-refractivity contribution in [3.8, 4) is 0 Å². The first-order valence-electron chi connectivity index (χ1n) is 11.8. The van der Waals surface area contributed by atoms with E-state index in [9.17, 15) is 18.0 Å². The summed E-state index contributed by atoms with van der Waals surface area (Å²) in [6.45, 7) is 0. The third kappa shape index (κ3) is 8.18. The molecule has 3 aromatic rings. The zero-order valence-corrected chi connectivity index (χ0v) is 22.1. The topological polar surface area (TPSA) is 37.3 Å². The van der Waals surface area contributed by atoms with E-state index in [1.807, 2.05) is 0 Å². The fourth-order valence-electron chi connectivity index (χ4n) is 4.43. The van der Waals surface area contributed by atoms with Gasteiger partial charge in [-0.3, -0.25) is 4.79 Å². The first-order valence-corrected chi connectivity index (χ1v) is 13.8. The van der Waals surface area contributed by atoms with Crippen LogP contribution in [0.25, 0.3) is 0 Å². The molecule has 35 heavy (non-hydrogen) atoms. The second-order valence-electron chi connectivity index (χ2n) is 8.58. The Kier molecular flexibility index (Phi) is 12.0. The van der Waals surface area contributed by atoms with Gasteiger partial charge in [0.05, 0.1) is 6.16 Å². The lowest BCUT2D eigenvalue weighted by Crippen LogP contribution is -3.00. The molecule has 0 atom stereocenters. The summed E-state index contributed by atoms with van der Waals surface area (Å²) in [4.78, 5) is 10.6. The number of hydrogen-bond acceptors (Lipinski definition) is 1. The summed E-state index contributed by atoms with van der Waals surface area (Å²) >= 11 is 0. The van der Waals surface area contributed by atoms with E-state index in [0.717, 1.165) is 60.6 Å². The van der Waals surface area contributed by atoms with Gasteiger partial charge in [-0.25, -0.2) is 13.2 Å². The predicted octanol–water partition coefficient (Wildman–Crippen LogP) is 3.61. The molecule has 0 aliphatic heterocycles. The van der Waals surface area contributed by atoms with Crippen molar-refractivity contribution in [1.29, 1.82) is 0 Å². The number of carboxylic acid groups (broad SMARTS) is 1. The highest BCUT2D eigenvalue weighted by atomic mass is 79.9. The number of carboxylic acids is 1. The maximum atomic E-state index is 13.8. The minimum Gasteiger partial charge on any atom is -1.00 e. The van der Waals surface area contributed by atoms with Gasteiger partial charge in [-0.2, -0.15) is 0 Å². The van der Waals surface area contributed by atoms with Crippen LogP contribution in [0.2, 0.25) is 0 Å². The summed E-state index contributed by atoms with van der Waals surface area (Å²) in [7, 11) is -2.26. The fourth-order valence-corrected chi connectivity index (χ4v) is 8.77. The van der Waals surface area contributed by atoms with E-state index in [4.69, 9.17) is 5.11 Å². The van der Waals surface area contributed by atoms with Crippen molar-refractivity contribution in [2.45, 2.75) is 51.4 Å². The highest BCUT2D eigenvalue weighted by Gasteiger charge is 2.44. The van der Waals surface area contributed by atoms with Gasteiger partial charge in [0.25, 0.3) is 0 Å². The molecule has 188 valence electrons. The van der Waals surface area contributed by atoms with Crippen LogP contribution in [-0.4, -0.2) is 17.2 Å². The summed E-state index contributed by atoms with van der Waals surface area (Å²) in [6.07, 6.45) is 7.71. The summed E-state index contributed by atoms with van der Waals surface area (Å²) in [6, 6.07) is 19.5. The molecule has 1 N–H and O–H groups in total. The number of unbranched alkanes of at least 4 members (excludes halogenated alkanes) is 6. The Morgan fingerprint density at radius 3 is 1.23 bits per heavy atom. The van der Waals surface area contributed by atoms with Crippen molar-refractivity contribution < 1.29 is 40.1 Å². The quantitative estimate of drug-likeness (QED) is 0.253. The molecule has 3 aromatic carbocycles. The smallest absolute Gasteiger partial charge is 0.303 e. The average molecular weight is 567 g/mol. The largest absolute Gasteiger partial charge is 1.00 e. The van der Waals surface area contributed by atoms with Crippen LogP contribution in [0.1, 0.15) is 51.4 Å². The van der Waals surface area contributed by atoms with Crippen LogP contribution in [0.3, 0.4) is 0 Å². The number of hydrogen-bond donors (Lipinski definition) is 1. The highest BCUT2D eigenvalue weighted by molar-refractivity contribution is 7.95. The minimum absolute atomic E-state index is 0. The lowest BCUT2D eigenvalue weighted by atomic mass is 10.1. The van der Waals surface area contributed by atoms with Gasteiger partial charge < -0.3 is 22.1 Å². The SMILES string of the molecule is O=C(O)CCCCCCCCC[P+](c1ccc(F)cc1)(c1ccc(F)cc1)c1ccc(F)cc1.[Br-]. The van der Waals surface area contributed by atoms with Crippen LogP contribution in [0, 0.1) is 17.5 Å². The molecular formula is C28H31BrF3O2P. The molecular weight excluding hydrogens is 536 g/mol. The number of aliphatic carboxylic acids is 1. The van der Waals surface area contributed by atoms with Crippen molar-refractivity contribution in [1.82, 2.24) is 0 Å². The molecule has 0 aromatic heterocycles. The first-order chi connectivity index (χ1) is 16.4. The molecule has 0 radical (unpaired) electrons. The summed E-state index contributed by atoms with van der Waals surface area (Å²) in [5.41, 5.74) is 0. The Morgan fingerprint density at radius 1 is 0.571 bits per heavy atom. The summed E-state index contributed by atoms with van der Waals surface area (Å²) in [5.74, 6) is -1.70. The van der Waals surface area contributed by atoms with E-state index in [1.165, 1.54) is 36.4 Å². The zero-order valence-electron chi connectivity index (χ0n) is 19.6. The van der Waals surface area contributed by atoms with Crippen molar-refractivity contribution in [3.63, 3.8) is 0 Å². The van der Waals surface area contributed by atoms with E-state index in [0.29, 0.717) is 6.42 Å². The Bertz CT molecular complexity index is 930. The molecule has 2 nitrogen and oxygen atoms in total. The van der Waals surface area contributed by atoms with Gasteiger partial charge in [0.1, 0.15) is 40.6 Å². The molecule has 0 amide bonds. The third-order valence-electron chi connectivity index (χ3n) is 6.19. The molecule has 0 spiro atoms. The Balaban J connectivity index is 0.00000432. The number of benzene rings is 3. The van der Waals surface area contributed by atoms with Gasteiger partial charge >= 0.3 is 5.97 Å². The summed E-state index contributed by atoms with van der Waals surface area (Å²) in [5, 5.41) is 11.7. The molecule has 0 heterocycles. The molecule has 0 unspecified atom stereocenters. The molecule has 7 heteroatoms.